The fourth-order valence-electron chi connectivity index (χ4n) is 2.39. The fraction of sp³-hybridized carbons (Fsp3) is 0.0476. The Hall–Kier alpha value is -3.11. The summed E-state index contributed by atoms with van der Waals surface area (Å²) < 4.78 is 5.73. The SMILES string of the molecule is CC(=O)Nc1ccc(C(=O)/C=C/c2ccc(-c3ccc(Cl)cc3)o2)cc1. The maximum Gasteiger partial charge on any atom is 0.221 e. The van der Waals surface area contributed by atoms with Crippen LogP contribution in [0, 0.1) is 0 Å². The molecule has 1 N–H and O–H groups in total. The quantitative estimate of drug-likeness (QED) is 0.482. The highest BCUT2D eigenvalue weighted by atomic mass is 35.5. The molecule has 3 rings (SSSR count). The molecule has 0 saturated carbocycles. The number of furan rings is 1. The topological polar surface area (TPSA) is 59.3 Å². The lowest BCUT2D eigenvalue weighted by Gasteiger charge is -2.02. The van der Waals surface area contributed by atoms with Crippen LogP contribution in [0.4, 0.5) is 5.69 Å². The first-order valence-electron chi connectivity index (χ1n) is 7.97. The van der Waals surface area contributed by atoms with Gasteiger partial charge >= 0.3 is 0 Å². The van der Waals surface area contributed by atoms with Gasteiger partial charge < -0.3 is 9.73 Å². The molecule has 2 aromatic carbocycles. The van der Waals surface area contributed by atoms with Gasteiger partial charge in [-0.3, -0.25) is 9.59 Å². The average molecular weight is 366 g/mol. The maximum atomic E-state index is 12.2. The van der Waals surface area contributed by atoms with E-state index >= 15 is 0 Å². The number of amides is 1. The van der Waals surface area contributed by atoms with Gasteiger partial charge in [0.25, 0.3) is 0 Å². The molecule has 1 heterocycles. The van der Waals surface area contributed by atoms with Crippen molar-refractivity contribution >= 4 is 35.1 Å². The Labute approximate surface area is 156 Å². The average Bonchev–Trinajstić information content (AvgIpc) is 3.09. The minimum Gasteiger partial charge on any atom is -0.457 e. The van der Waals surface area contributed by atoms with Crippen LogP contribution in [0.1, 0.15) is 23.0 Å². The second kappa shape index (κ2) is 7.85. The largest absolute Gasteiger partial charge is 0.457 e. The molecule has 0 radical (unpaired) electrons. The number of rotatable bonds is 5. The fourth-order valence-corrected chi connectivity index (χ4v) is 2.51. The van der Waals surface area contributed by atoms with Crippen molar-refractivity contribution in [2.24, 2.45) is 0 Å². The number of anilines is 1. The van der Waals surface area contributed by atoms with Gasteiger partial charge in [-0.05, 0) is 72.8 Å². The van der Waals surface area contributed by atoms with Gasteiger partial charge in [-0.15, -0.1) is 0 Å². The molecular weight excluding hydrogens is 350 g/mol. The number of ketones is 1. The highest BCUT2D eigenvalue weighted by Crippen LogP contribution is 2.24. The number of allylic oxidation sites excluding steroid dienone is 1. The zero-order chi connectivity index (χ0) is 18.5. The molecule has 1 aromatic heterocycles. The van der Waals surface area contributed by atoms with Crippen LogP contribution in [0.25, 0.3) is 17.4 Å². The highest BCUT2D eigenvalue weighted by Gasteiger charge is 2.05. The number of hydrogen-bond acceptors (Lipinski definition) is 3. The number of carbonyl (C=O) groups is 2. The lowest BCUT2D eigenvalue weighted by Crippen LogP contribution is -2.05. The molecule has 0 bridgehead atoms. The summed E-state index contributed by atoms with van der Waals surface area (Å²) in [5.41, 5.74) is 2.09. The molecule has 0 aliphatic carbocycles. The number of halogens is 1. The van der Waals surface area contributed by atoms with Gasteiger partial charge in [-0.1, -0.05) is 11.6 Å². The van der Waals surface area contributed by atoms with Crippen LogP contribution in [-0.2, 0) is 4.79 Å². The first-order valence-corrected chi connectivity index (χ1v) is 8.35. The number of hydrogen-bond donors (Lipinski definition) is 1. The van der Waals surface area contributed by atoms with E-state index < -0.39 is 0 Å². The van der Waals surface area contributed by atoms with Crippen LogP contribution in [0.3, 0.4) is 0 Å². The predicted octanol–water partition coefficient (Wildman–Crippen LogP) is 5.45. The van der Waals surface area contributed by atoms with Crippen molar-refractivity contribution in [1.82, 2.24) is 0 Å². The van der Waals surface area contributed by atoms with Crippen molar-refractivity contribution in [3.05, 3.63) is 83.1 Å². The van der Waals surface area contributed by atoms with E-state index in [2.05, 4.69) is 5.32 Å². The molecule has 0 fully saturated rings. The molecule has 0 atom stereocenters. The van der Waals surface area contributed by atoms with Crippen molar-refractivity contribution in [1.29, 1.82) is 0 Å². The van der Waals surface area contributed by atoms with Crippen LogP contribution in [0.5, 0.6) is 0 Å². The van der Waals surface area contributed by atoms with E-state index in [0.717, 1.165) is 5.56 Å². The number of benzene rings is 2. The van der Waals surface area contributed by atoms with Crippen LogP contribution < -0.4 is 5.32 Å². The molecule has 0 aliphatic heterocycles. The summed E-state index contributed by atoms with van der Waals surface area (Å²) >= 11 is 5.88. The summed E-state index contributed by atoms with van der Waals surface area (Å²) in [6, 6.07) is 17.7. The van der Waals surface area contributed by atoms with Crippen LogP contribution in [0.15, 0.2) is 71.2 Å². The van der Waals surface area contributed by atoms with Crippen molar-refractivity contribution in [2.75, 3.05) is 5.32 Å². The summed E-state index contributed by atoms with van der Waals surface area (Å²) in [6.07, 6.45) is 3.08. The molecule has 0 unspecified atom stereocenters. The van der Waals surface area contributed by atoms with E-state index in [0.29, 0.717) is 27.8 Å². The van der Waals surface area contributed by atoms with E-state index in [1.165, 1.54) is 13.0 Å². The minimum absolute atomic E-state index is 0.149. The summed E-state index contributed by atoms with van der Waals surface area (Å²) in [4.78, 5) is 23.2. The molecule has 3 aromatic rings. The molecule has 5 heteroatoms. The summed E-state index contributed by atoms with van der Waals surface area (Å²) in [5.74, 6) is 0.980. The molecule has 1 amide bonds. The molecule has 4 nitrogen and oxygen atoms in total. The van der Waals surface area contributed by atoms with Crippen molar-refractivity contribution < 1.29 is 14.0 Å². The van der Waals surface area contributed by atoms with Gasteiger partial charge in [0, 0.05) is 28.8 Å². The summed E-state index contributed by atoms with van der Waals surface area (Å²) in [5, 5.41) is 3.32. The van der Waals surface area contributed by atoms with Gasteiger partial charge in [0.2, 0.25) is 5.91 Å². The molecule has 130 valence electrons. The Kier molecular flexibility index (Phi) is 5.34. The van der Waals surface area contributed by atoms with Crippen LogP contribution >= 0.6 is 11.6 Å². The first-order chi connectivity index (χ1) is 12.5. The molecule has 0 aliphatic rings. The van der Waals surface area contributed by atoms with Gasteiger partial charge in [0.1, 0.15) is 11.5 Å². The second-order valence-corrected chi connectivity index (χ2v) is 6.10. The van der Waals surface area contributed by atoms with Gasteiger partial charge in [-0.2, -0.15) is 0 Å². The highest BCUT2D eigenvalue weighted by molar-refractivity contribution is 6.30. The molecular formula is C21H16ClNO3. The zero-order valence-corrected chi connectivity index (χ0v) is 14.8. The second-order valence-electron chi connectivity index (χ2n) is 5.67. The lowest BCUT2D eigenvalue weighted by molar-refractivity contribution is -0.114. The summed E-state index contributed by atoms with van der Waals surface area (Å²) in [7, 11) is 0. The number of carbonyl (C=O) groups excluding carboxylic acids is 2. The normalized spacial score (nSPS) is 10.8. The molecule has 26 heavy (non-hydrogen) atoms. The smallest absolute Gasteiger partial charge is 0.221 e. The zero-order valence-electron chi connectivity index (χ0n) is 14.0. The van der Waals surface area contributed by atoms with Crippen molar-refractivity contribution in [3.63, 3.8) is 0 Å². The lowest BCUT2D eigenvalue weighted by atomic mass is 10.1. The van der Waals surface area contributed by atoms with Gasteiger partial charge in [0.15, 0.2) is 5.78 Å². The molecule has 0 spiro atoms. The van der Waals surface area contributed by atoms with Crippen molar-refractivity contribution in [2.45, 2.75) is 6.92 Å². The Balaban J connectivity index is 1.68. The monoisotopic (exact) mass is 365 g/mol. The third-order valence-corrected chi connectivity index (χ3v) is 3.90. The Morgan fingerprint density at radius 1 is 0.962 bits per heavy atom. The van der Waals surface area contributed by atoms with E-state index in [9.17, 15) is 9.59 Å². The van der Waals surface area contributed by atoms with Crippen LogP contribution in [0.2, 0.25) is 5.02 Å². The predicted molar refractivity (Wildman–Crippen MR) is 103 cm³/mol. The van der Waals surface area contributed by atoms with E-state index in [1.807, 2.05) is 18.2 Å². The van der Waals surface area contributed by atoms with Crippen LogP contribution in [-0.4, -0.2) is 11.7 Å². The Morgan fingerprint density at radius 2 is 1.65 bits per heavy atom. The molecule has 0 saturated heterocycles. The number of nitrogens with one attached hydrogen (secondary N) is 1. The summed E-state index contributed by atoms with van der Waals surface area (Å²) in [6.45, 7) is 1.43. The maximum absolute atomic E-state index is 12.2. The van der Waals surface area contributed by atoms with E-state index in [4.69, 9.17) is 16.0 Å². The van der Waals surface area contributed by atoms with E-state index in [-0.39, 0.29) is 11.7 Å². The standard InChI is InChI=1S/C21H16ClNO3/c1-14(24)23-18-8-4-15(5-9-18)20(25)12-10-19-11-13-21(26-19)16-2-6-17(22)7-3-16/h2-13H,1H3,(H,23,24)/b12-10+. The van der Waals surface area contributed by atoms with E-state index in [1.54, 1.807) is 48.5 Å². The Morgan fingerprint density at radius 3 is 2.31 bits per heavy atom. The van der Waals surface area contributed by atoms with Gasteiger partial charge in [0.05, 0.1) is 0 Å². The van der Waals surface area contributed by atoms with Gasteiger partial charge in [-0.25, -0.2) is 0 Å². The first kappa shape index (κ1) is 17.7. The Bertz CT molecular complexity index is 954. The minimum atomic E-state index is -0.154. The van der Waals surface area contributed by atoms with Crippen molar-refractivity contribution in [3.8, 4) is 11.3 Å². The third-order valence-electron chi connectivity index (χ3n) is 3.64. The third kappa shape index (κ3) is 4.49.